The van der Waals surface area contributed by atoms with Gasteiger partial charge in [-0.1, -0.05) is 18.6 Å². The summed E-state index contributed by atoms with van der Waals surface area (Å²) >= 11 is 0. The van der Waals surface area contributed by atoms with E-state index in [2.05, 4.69) is 15.3 Å². The van der Waals surface area contributed by atoms with E-state index in [1.807, 2.05) is 18.2 Å². The lowest BCUT2D eigenvalue weighted by molar-refractivity contribution is 0.0260. The van der Waals surface area contributed by atoms with Crippen molar-refractivity contribution in [2.75, 3.05) is 18.5 Å². The molecule has 0 spiro atoms. The Hall–Kier alpha value is -1.92. The van der Waals surface area contributed by atoms with Gasteiger partial charge in [-0.25, -0.2) is 9.97 Å². The third-order valence-electron chi connectivity index (χ3n) is 5.06. The van der Waals surface area contributed by atoms with Gasteiger partial charge in [0, 0.05) is 24.4 Å². The van der Waals surface area contributed by atoms with E-state index in [1.165, 1.54) is 6.42 Å². The molecule has 2 aliphatic rings. The molecule has 0 atom stereocenters. The summed E-state index contributed by atoms with van der Waals surface area (Å²) in [5, 5.41) is 14.8. The molecule has 1 saturated carbocycles. The minimum Gasteiger partial charge on any atom is -0.488 e. The number of anilines is 1. The van der Waals surface area contributed by atoms with Crippen LogP contribution < -0.4 is 10.1 Å². The lowest BCUT2D eigenvalue weighted by Gasteiger charge is -2.32. The maximum Gasteiger partial charge on any atom is 0.225 e. The number of benzene rings is 1. The van der Waals surface area contributed by atoms with Gasteiger partial charge in [-0.05, 0) is 31.7 Å². The fourth-order valence-corrected chi connectivity index (χ4v) is 3.63. The van der Waals surface area contributed by atoms with Crippen LogP contribution in [-0.4, -0.2) is 40.1 Å². The fourth-order valence-electron chi connectivity index (χ4n) is 3.63. The second kappa shape index (κ2) is 7.14. The van der Waals surface area contributed by atoms with Crippen LogP contribution in [0.25, 0.3) is 10.9 Å². The van der Waals surface area contributed by atoms with Crippen LogP contribution in [0.1, 0.15) is 44.9 Å². The van der Waals surface area contributed by atoms with Crippen molar-refractivity contribution in [2.45, 2.75) is 56.8 Å². The highest BCUT2D eigenvalue weighted by Gasteiger charge is 2.29. The average molecular weight is 343 g/mol. The zero-order chi connectivity index (χ0) is 17.1. The van der Waals surface area contributed by atoms with E-state index in [4.69, 9.17) is 9.47 Å². The zero-order valence-electron chi connectivity index (χ0n) is 14.4. The van der Waals surface area contributed by atoms with Gasteiger partial charge in [0.1, 0.15) is 23.1 Å². The van der Waals surface area contributed by atoms with Crippen molar-refractivity contribution in [2.24, 2.45) is 0 Å². The lowest BCUT2D eigenvalue weighted by atomic mass is 9.92. The standard InChI is InChI=1S/C19H25N3O3/c23-19(9-2-1-3-10-19)22-18-20-13-14-5-4-6-16(17(14)21-18)25-15-7-11-24-12-8-15/h4-6,13,15,23H,1-3,7-12H2,(H,20,21,22). The molecule has 2 N–H and O–H groups in total. The first-order chi connectivity index (χ1) is 12.2. The monoisotopic (exact) mass is 343 g/mol. The molecule has 4 rings (SSSR count). The Morgan fingerprint density at radius 1 is 1.16 bits per heavy atom. The minimum atomic E-state index is -0.900. The molecular weight excluding hydrogens is 318 g/mol. The van der Waals surface area contributed by atoms with Gasteiger partial charge >= 0.3 is 0 Å². The van der Waals surface area contributed by atoms with E-state index in [-0.39, 0.29) is 6.10 Å². The van der Waals surface area contributed by atoms with E-state index in [9.17, 15) is 5.11 Å². The molecule has 2 aromatic rings. The van der Waals surface area contributed by atoms with Gasteiger partial charge in [0.15, 0.2) is 0 Å². The number of aliphatic hydroxyl groups is 1. The SMILES string of the molecule is OC1(Nc2ncc3cccc(OC4CCOCC4)c3n2)CCCCC1. The summed E-state index contributed by atoms with van der Waals surface area (Å²) < 4.78 is 11.6. The van der Waals surface area contributed by atoms with E-state index in [0.717, 1.165) is 68.4 Å². The first-order valence-electron chi connectivity index (χ1n) is 9.23. The molecule has 0 unspecified atom stereocenters. The summed E-state index contributed by atoms with van der Waals surface area (Å²) in [6.07, 6.45) is 8.42. The number of para-hydroxylation sites is 1. The summed E-state index contributed by atoms with van der Waals surface area (Å²) in [7, 11) is 0. The highest BCUT2D eigenvalue weighted by atomic mass is 16.5. The molecule has 0 radical (unpaired) electrons. The number of aromatic nitrogens is 2. The molecule has 6 heteroatoms. The first-order valence-corrected chi connectivity index (χ1v) is 9.23. The van der Waals surface area contributed by atoms with Gasteiger partial charge in [-0.15, -0.1) is 0 Å². The van der Waals surface area contributed by atoms with Crippen LogP contribution in [0.5, 0.6) is 5.75 Å². The number of hydrogen-bond acceptors (Lipinski definition) is 6. The lowest BCUT2D eigenvalue weighted by Crippen LogP contribution is -2.40. The van der Waals surface area contributed by atoms with Crippen LogP contribution in [0.15, 0.2) is 24.4 Å². The largest absolute Gasteiger partial charge is 0.488 e. The molecule has 1 saturated heterocycles. The number of ether oxygens (including phenoxy) is 2. The van der Waals surface area contributed by atoms with Crippen molar-refractivity contribution >= 4 is 16.9 Å². The van der Waals surface area contributed by atoms with E-state index >= 15 is 0 Å². The van der Waals surface area contributed by atoms with Crippen LogP contribution >= 0.6 is 0 Å². The quantitative estimate of drug-likeness (QED) is 0.830. The predicted molar refractivity (Wildman–Crippen MR) is 95.7 cm³/mol. The Balaban J connectivity index is 1.58. The van der Waals surface area contributed by atoms with E-state index < -0.39 is 5.72 Å². The molecule has 1 aromatic heterocycles. The van der Waals surface area contributed by atoms with Gasteiger partial charge in [-0.3, -0.25) is 0 Å². The summed E-state index contributed by atoms with van der Waals surface area (Å²) in [6, 6.07) is 5.89. The van der Waals surface area contributed by atoms with Gasteiger partial charge in [-0.2, -0.15) is 0 Å². The summed E-state index contributed by atoms with van der Waals surface area (Å²) in [4.78, 5) is 9.02. The molecular formula is C19H25N3O3. The third-order valence-corrected chi connectivity index (χ3v) is 5.06. The molecule has 25 heavy (non-hydrogen) atoms. The normalized spacial score (nSPS) is 21.2. The Labute approximate surface area is 147 Å². The van der Waals surface area contributed by atoms with Gasteiger partial charge in [0.2, 0.25) is 5.95 Å². The average Bonchev–Trinajstić information content (AvgIpc) is 2.63. The number of nitrogens with one attached hydrogen (secondary N) is 1. The molecule has 2 fully saturated rings. The molecule has 0 amide bonds. The van der Waals surface area contributed by atoms with Crippen LogP contribution in [0.2, 0.25) is 0 Å². The maximum atomic E-state index is 10.7. The number of hydrogen-bond donors (Lipinski definition) is 2. The van der Waals surface area contributed by atoms with Crippen molar-refractivity contribution in [1.82, 2.24) is 9.97 Å². The number of fused-ring (bicyclic) bond motifs is 1. The molecule has 1 aliphatic heterocycles. The second-order valence-electron chi connectivity index (χ2n) is 7.03. The molecule has 1 aliphatic carbocycles. The molecule has 0 bridgehead atoms. The summed E-state index contributed by atoms with van der Waals surface area (Å²) in [6.45, 7) is 1.48. The fraction of sp³-hybridized carbons (Fsp3) is 0.579. The predicted octanol–water partition coefficient (Wildman–Crippen LogP) is 3.25. The van der Waals surface area contributed by atoms with Gasteiger partial charge < -0.3 is 19.9 Å². The Morgan fingerprint density at radius 3 is 2.76 bits per heavy atom. The molecule has 134 valence electrons. The Bertz CT molecular complexity index is 725. The third kappa shape index (κ3) is 3.85. The van der Waals surface area contributed by atoms with Crippen LogP contribution in [0.3, 0.4) is 0 Å². The molecule has 6 nitrogen and oxygen atoms in total. The van der Waals surface area contributed by atoms with Crippen molar-refractivity contribution in [1.29, 1.82) is 0 Å². The smallest absolute Gasteiger partial charge is 0.225 e. The number of rotatable bonds is 4. The van der Waals surface area contributed by atoms with Crippen molar-refractivity contribution < 1.29 is 14.6 Å². The zero-order valence-corrected chi connectivity index (χ0v) is 14.4. The second-order valence-corrected chi connectivity index (χ2v) is 7.03. The minimum absolute atomic E-state index is 0.160. The van der Waals surface area contributed by atoms with Crippen molar-refractivity contribution in [3.05, 3.63) is 24.4 Å². The van der Waals surface area contributed by atoms with Gasteiger partial charge in [0.25, 0.3) is 0 Å². The van der Waals surface area contributed by atoms with Crippen molar-refractivity contribution in [3.8, 4) is 5.75 Å². The van der Waals surface area contributed by atoms with E-state index in [0.29, 0.717) is 5.95 Å². The Kier molecular flexibility index (Phi) is 4.72. The molecule has 1 aromatic carbocycles. The summed E-state index contributed by atoms with van der Waals surface area (Å²) in [5.41, 5.74) is -0.117. The highest BCUT2D eigenvalue weighted by molar-refractivity contribution is 5.84. The van der Waals surface area contributed by atoms with E-state index in [1.54, 1.807) is 6.20 Å². The Morgan fingerprint density at radius 2 is 1.96 bits per heavy atom. The van der Waals surface area contributed by atoms with Crippen LogP contribution in [-0.2, 0) is 4.74 Å². The maximum absolute atomic E-state index is 10.7. The van der Waals surface area contributed by atoms with Crippen LogP contribution in [0.4, 0.5) is 5.95 Å². The van der Waals surface area contributed by atoms with Crippen LogP contribution in [0, 0.1) is 0 Å². The highest BCUT2D eigenvalue weighted by Crippen LogP contribution is 2.30. The van der Waals surface area contributed by atoms with Crippen molar-refractivity contribution in [3.63, 3.8) is 0 Å². The number of nitrogens with zero attached hydrogens (tertiary/aromatic N) is 2. The summed E-state index contributed by atoms with van der Waals surface area (Å²) in [5.74, 6) is 1.23. The molecule has 2 heterocycles. The van der Waals surface area contributed by atoms with Gasteiger partial charge in [0.05, 0.1) is 13.2 Å². The first kappa shape index (κ1) is 16.5. The topological polar surface area (TPSA) is 76.5 Å².